The largest absolute Gasteiger partial charge is 0.481 e. The molecule has 1 aromatic carbocycles. The van der Waals surface area contributed by atoms with Crippen LogP contribution in [0, 0.1) is 17.7 Å². The van der Waals surface area contributed by atoms with Gasteiger partial charge in [0.1, 0.15) is 5.82 Å². The van der Waals surface area contributed by atoms with E-state index in [9.17, 15) is 22.4 Å². The normalized spacial score (nSPS) is 21.5. The van der Waals surface area contributed by atoms with Gasteiger partial charge in [0.25, 0.3) is 0 Å². The van der Waals surface area contributed by atoms with Crippen molar-refractivity contribution in [1.29, 1.82) is 0 Å². The van der Waals surface area contributed by atoms with Crippen molar-refractivity contribution in [3.8, 4) is 0 Å². The molecule has 4 nitrogen and oxygen atoms in total. The molecule has 1 aliphatic rings. The maximum Gasteiger partial charge on any atom is 0.394 e. The van der Waals surface area contributed by atoms with Crippen LogP contribution in [0.5, 0.6) is 0 Å². The highest BCUT2D eigenvalue weighted by atomic mass is 35.5. The topological polar surface area (TPSA) is 53.4 Å². The van der Waals surface area contributed by atoms with E-state index in [1.807, 2.05) is 0 Å². The number of hydrogen-bond donors (Lipinski definition) is 1. The van der Waals surface area contributed by atoms with Crippen LogP contribution < -0.4 is 4.90 Å². The summed E-state index contributed by atoms with van der Waals surface area (Å²) in [5.41, 5.74) is 0.580. The molecule has 0 amide bonds. The highest BCUT2D eigenvalue weighted by Crippen LogP contribution is 2.41. The Morgan fingerprint density at radius 3 is 2.62 bits per heavy atom. The van der Waals surface area contributed by atoms with Gasteiger partial charge in [0.2, 0.25) is 0 Å². The average molecular weight is 363 g/mol. The minimum atomic E-state index is -4.62. The lowest BCUT2D eigenvalue weighted by atomic mass is 9.96. The predicted octanol–water partition coefficient (Wildman–Crippen LogP) is 3.73. The Labute approximate surface area is 138 Å². The second-order valence-corrected chi connectivity index (χ2v) is 6.02. The zero-order valence-corrected chi connectivity index (χ0v) is 12.8. The van der Waals surface area contributed by atoms with Crippen molar-refractivity contribution in [2.24, 2.45) is 11.8 Å². The third-order valence-electron chi connectivity index (χ3n) is 4.16. The predicted molar refractivity (Wildman–Crippen MR) is 79.6 cm³/mol. The van der Waals surface area contributed by atoms with Crippen molar-refractivity contribution in [2.75, 3.05) is 18.0 Å². The number of nitrogens with zero attached hydrogens (tertiary/aromatic N) is 2. The second kappa shape index (κ2) is 5.77. The first-order chi connectivity index (χ1) is 11.2. The summed E-state index contributed by atoms with van der Waals surface area (Å²) in [6, 6.07) is 3.84. The number of carboxylic acids is 1. The highest BCUT2D eigenvalue weighted by molar-refractivity contribution is 6.31. The number of anilines is 1. The molecule has 0 spiro atoms. The molecule has 1 aliphatic heterocycles. The van der Waals surface area contributed by atoms with E-state index < -0.39 is 36.3 Å². The van der Waals surface area contributed by atoms with Crippen molar-refractivity contribution in [2.45, 2.75) is 6.18 Å². The van der Waals surface area contributed by atoms with Crippen LogP contribution in [0.2, 0.25) is 5.02 Å². The molecule has 1 fully saturated rings. The minimum absolute atomic E-state index is 0.182. The number of hydrogen-bond acceptors (Lipinski definition) is 3. The highest BCUT2D eigenvalue weighted by Gasteiger charge is 2.52. The van der Waals surface area contributed by atoms with Crippen molar-refractivity contribution in [3.05, 3.63) is 35.2 Å². The number of fused-ring (bicyclic) bond motifs is 1. The van der Waals surface area contributed by atoms with E-state index in [0.29, 0.717) is 11.1 Å². The molecular weight excluding hydrogens is 352 g/mol. The Balaban J connectivity index is 2.05. The SMILES string of the molecule is O=C(O)[C@@H]1CN(c2ccnc3cc(F)c(Cl)cc23)C[C@H]1C(F)(F)F. The van der Waals surface area contributed by atoms with Gasteiger partial charge in [-0.05, 0) is 12.1 Å². The van der Waals surface area contributed by atoms with E-state index in [0.717, 1.165) is 6.07 Å². The van der Waals surface area contributed by atoms with Gasteiger partial charge in [0.05, 0.1) is 22.4 Å². The Hall–Kier alpha value is -2.09. The van der Waals surface area contributed by atoms with Gasteiger partial charge in [-0.3, -0.25) is 9.78 Å². The smallest absolute Gasteiger partial charge is 0.394 e. The molecule has 3 rings (SSSR count). The Kier molecular flexibility index (Phi) is 4.03. The Morgan fingerprint density at radius 1 is 1.33 bits per heavy atom. The van der Waals surface area contributed by atoms with Crippen LogP contribution in [0.3, 0.4) is 0 Å². The molecule has 2 atom stereocenters. The van der Waals surface area contributed by atoms with E-state index in [1.165, 1.54) is 23.2 Å². The standard InChI is InChI=1S/C15H11ClF4N2O2/c16-10-3-7-12(4-11(10)17)21-2-1-13(7)22-5-8(14(23)24)9(6-22)15(18,19)20/h1-4,8-9H,5-6H2,(H,23,24)/t8-,9-/m1/s1. The molecule has 2 aromatic rings. The van der Waals surface area contributed by atoms with E-state index in [4.69, 9.17) is 16.7 Å². The van der Waals surface area contributed by atoms with Gasteiger partial charge in [-0.15, -0.1) is 0 Å². The van der Waals surface area contributed by atoms with E-state index in [1.54, 1.807) is 0 Å². The number of alkyl halides is 3. The number of aromatic nitrogens is 1. The number of carbonyl (C=O) groups is 1. The van der Waals surface area contributed by atoms with E-state index in [-0.39, 0.29) is 17.1 Å². The number of rotatable bonds is 2. The van der Waals surface area contributed by atoms with Crippen LogP contribution in [-0.4, -0.2) is 35.3 Å². The lowest BCUT2D eigenvalue weighted by molar-refractivity contribution is -0.187. The Bertz CT molecular complexity index is 812. The van der Waals surface area contributed by atoms with Crippen LogP contribution in [0.25, 0.3) is 10.9 Å². The lowest BCUT2D eigenvalue weighted by Gasteiger charge is -2.21. The molecular formula is C15H11ClF4N2O2. The van der Waals surface area contributed by atoms with Crippen LogP contribution in [0.1, 0.15) is 0 Å². The van der Waals surface area contributed by atoms with Gasteiger partial charge >= 0.3 is 12.1 Å². The van der Waals surface area contributed by atoms with E-state index in [2.05, 4.69) is 4.98 Å². The van der Waals surface area contributed by atoms with Gasteiger partial charge in [-0.25, -0.2) is 4.39 Å². The molecule has 0 radical (unpaired) electrons. The summed E-state index contributed by atoms with van der Waals surface area (Å²) < 4.78 is 52.9. The fourth-order valence-electron chi connectivity index (χ4n) is 2.98. The summed E-state index contributed by atoms with van der Waals surface area (Å²) >= 11 is 5.75. The summed E-state index contributed by atoms with van der Waals surface area (Å²) in [7, 11) is 0. The van der Waals surface area contributed by atoms with Crippen LogP contribution in [-0.2, 0) is 4.79 Å². The first kappa shape index (κ1) is 16.8. The monoisotopic (exact) mass is 362 g/mol. The number of benzene rings is 1. The lowest BCUT2D eigenvalue weighted by Crippen LogP contribution is -2.33. The van der Waals surface area contributed by atoms with Gasteiger partial charge in [0, 0.05) is 36.4 Å². The molecule has 0 aliphatic carbocycles. The number of pyridine rings is 1. The zero-order valence-electron chi connectivity index (χ0n) is 12.0. The first-order valence-corrected chi connectivity index (χ1v) is 7.34. The molecule has 1 aromatic heterocycles. The number of halogens is 5. The number of carboxylic acid groups (broad SMARTS) is 1. The van der Waals surface area contributed by atoms with Gasteiger partial charge < -0.3 is 10.0 Å². The molecule has 1 N–H and O–H groups in total. The molecule has 128 valence electrons. The van der Waals surface area contributed by atoms with Crippen molar-refractivity contribution in [3.63, 3.8) is 0 Å². The minimum Gasteiger partial charge on any atom is -0.481 e. The average Bonchev–Trinajstić information content (AvgIpc) is 2.93. The summed E-state index contributed by atoms with van der Waals surface area (Å²) in [4.78, 5) is 16.5. The summed E-state index contributed by atoms with van der Waals surface area (Å²) in [5, 5.41) is 9.28. The third-order valence-corrected chi connectivity index (χ3v) is 4.45. The van der Waals surface area contributed by atoms with Crippen LogP contribution in [0.4, 0.5) is 23.2 Å². The fourth-order valence-corrected chi connectivity index (χ4v) is 3.15. The summed E-state index contributed by atoms with van der Waals surface area (Å²) in [6.45, 7) is -0.789. The van der Waals surface area contributed by atoms with Crippen molar-refractivity contribution < 1.29 is 27.5 Å². The fraction of sp³-hybridized carbons (Fsp3) is 0.333. The van der Waals surface area contributed by atoms with Gasteiger partial charge in [-0.1, -0.05) is 11.6 Å². The Morgan fingerprint density at radius 2 is 2.04 bits per heavy atom. The molecule has 2 heterocycles. The molecule has 0 saturated carbocycles. The molecule has 1 saturated heterocycles. The summed E-state index contributed by atoms with van der Waals surface area (Å²) in [6.07, 6.45) is -3.29. The molecule has 9 heteroatoms. The van der Waals surface area contributed by atoms with Crippen molar-refractivity contribution >= 4 is 34.2 Å². The quantitative estimate of drug-likeness (QED) is 0.827. The maximum atomic E-state index is 13.5. The van der Waals surface area contributed by atoms with Gasteiger partial charge in [-0.2, -0.15) is 13.2 Å². The van der Waals surface area contributed by atoms with Crippen molar-refractivity contribution in [1.82, 2.24) is 4.98 Å². The van der Waals surface area contributed by atoms with E-state index >= 15 is 0 Å². The number of aliphatic carboxylic acids is 1. The van der Waals surface area contributed by atoms with Crippen LogP contribution >= 0.6 is 11.6 Å². The zero-order chi connectivity index (χ0) is 17.6. The molecule has 0 bridgehead atoms. The summed E-state index contributed by atoms with van der Waals surface area (Å²) in [5.74, 6) is -5.73. The first-order valence-electron chi connectivity index (χ1n) is 6.96. The third kappa shape index (κ3) is 2.86. The maximum absolute atomic E-state index is 13.5. The molecule has 0 unspecified atom stereocenters. The van der Waals surface area contributed by atoms with Crippen LogP contribution in [0.15, 0.2) is 24.4 Å². The van der Waals surface area contributed by atoms with Gasteiger partial charge in [0.15, 0.2) is 0 Å². The second-order valence-electron chi connectivity index (χ2n) is 5.61. The molecule has 24 heavy (non-hydrogen) atoms.